The molecule has 3 saturated heterocycles. The summed E-state index contributed by atoms with van der Waals surface area (Å²) in [6, 6.07) is 7.80. The quantitative estimate of drug-likeness (QED) is 0.898. The van der Waals surface area contributed by atoms with E-state index in [1.807, 2.05) is 24.3 Å². The lowest BCUT2D eigenvalue weighted by Crippen LogP contribution is -2.56. The largest absolute Gasteiger partial charge is 0.497 e. The molecule has 1 aromatic carbocycles. The Morgan fingerprint density at radius 2 is 2.25 bits per heavy atom. The molecule has 5 rings (SSSR count). The molecule has 24 heavy (non-hydrogen) atoms. The lowest BCUT2D eigenvalue weighted by molar-refractivity contribution is -0.0671. The third kappa shape index (κ3) is 2.57. The van der Waals surface area contributed by atoms with Crippen LogP contribution in [0.3, 0.4) is 0 Å². The molecule has 0 radical (unpaired) electrons. The first-order valence-corrected chi connectivity index (χ1v) is 8.67. The van der Waals surface area contributed by atoms with Crippen molar-refractivity contribution >= 4 is 10.9 Å². The van der Waals surface area contributed by atoms with Crippen LogP contribution in [-0.2, 0) is 0 Å². The Labute approximate surface area is 141 Å². The molecular weight excluding hydrogens is 304 g/mol. The van der Waals surface area contributed by atoms with E-state index in [2.05, 4.69) is 9.88 Å². The van der Waals surface area contributed by atoms with Crippen molar-refractivity contribution in [3.63, 3.8) is 0 Å². The highest BCUT2D eigenvalue weighted by Gasteiger charge is 2.42. The number of benzene rings is 1. The second-order valence-corrected chi connectivity index (χ2v) is 7.02. The number of methoxy groups -OCH3 is 1. The molecule has 4 heterocycles. The van der Waals surface area contributed by atoms with E-state index in [1.165, 1.54) is 0 Å². The van der Waals surface area contributed by atoms with Gasteiger partial charge in [0.1, 0.15) is 5.75 Å². The van der Waals surface area contributed by atoms with Gasteiger partial charge in [-0.1, -0.05) is 0 Å². The van der Waals surface area contributed by atoms with E-state index >= 15 is 0 Å². The minimum Gasteiger partial charge on any atom is -0.497 e. The molecule has 5 atom stereocenters. The maximum Gasteiger partial charge on any atom is 0.119 e. The fraction of sp³-hybridized carbons (Fsp3) is 0.526. The normalized spacial score (nSPS) is 30.5. The molecule has 2 bridgehead atoms. The number of nitrogens with zero attached hydrogens (tertiary/aromatic N) is 2. The molecule has 2 N–H and O–H groups in total. The second-order valence-electron chi connectivity index (χ2n) is 7.02. The molecule has 0 spiro atoms. The number of hydrogen-bond acceptors (Lipinski definition) is 5. The Balaban J connectivity index is 1.68. The van der Waals surface area contributed by atoms with Gasteiger partial charge in [0.05, 0.1) is 18.7 Å². The number of rotatable bonds is 4. The van der Waals surface area contributed by atoms with Gasteiger partial charge < -0.3 is 14.9 Å². The summed E-state index contributed by atoms with van der Waals surface area (Å²) in [4.78, 5) is 6.75. The molecule has 3 aliphatic rings. The van der Waals surface area contributed by atoms with Crippen LogP contribution in [0.25, 0.3) is 10.9 Å². The van der Waals surface area contributed by atoms with Crippen molar-refractivity contribution < 1.29 is 14.9 Å². The van der Waals surface area contributed by atoms with Crippen LogP contribution in [0.4, 0.5) is 0 Å². The van der Waals surface area contributed by atoms with Crippen LogP contribution >= 0.6 is 0 Å². The van der Waals surface area contributed by atoms with Crippen LogP contribution in [0.15, 0.2) is 30.5 Å². The average molecular weight is 328 g/mol. The third-order valence-corrected chi connectivity index (χ3v) is 5.84. The summed E-state index contributed by atoms with van der Waals surface area (Å²) in [6.07, 6.45) is 3.28. The molecule has 0 aliphatic carbocycles. The molecule has 1 aromatic heterocycles. The predicted molar refractivity (Wildman–Crippen MR) is 91.9 cm³/mol. The van der Waals surface area contributed by atoms with E-state index in [9.17, 15) is 10.2 Å². The van der Waals surface area contributed by atoms with Gasteiger partial charge in [-0.3, -0.25) is 9.88 Å². The van der Waals surface area contributed by atoms with E-state index < -0.39 is 6.10 Å². The van der Waals surface area contributed by atoms with Gasteiger partial charge in [-0.05, 0) is 61.1 Å². The van der Waals surface area contributed by atoms with Gasteiger partial charge in [-0.15, -0.1) is 0 Å². The monoisotopic (exact) mass is 328 g/mol. The summed E-state index contributed by atoms with van der Waals surface area (Å²) < 4.78 is 5.33. The Bertz CT molecular complexity index is 736. The molecule has 0 amide bonds. The Morgan fingerprint density at radius 3 is 2.96 bits per heavy atom. The van der Waals surface area contributed by atoms with Crippen LogP contribution in [0.2, 0.25) is 0 Å². The summed E-state index contributed by atoms with van der Waals surface area (Å²) in [5.41, 5.74) is 1.79. The van der Waals surface area contributed by atoms with E-state index in [-0.39, 0.29) is 12.6 Å². The smallest absolute Gasteiger partial charge is 0.119 e. The highest BCUT2D eigenvalue weighted by Crippen LogP contribution is 2.41. The number of fused-ring (bicyclic) bond motifs is 4. The molecule has 2 unspecified atom stereocenters. The first-order valence-electron chi connectivity index (χ1n) is 8.67. The Morgan fingerprint density at radius 1 is 1.38 bits per heavy atom. The topological polar surface area (TPSA) is 65.8 Å². The molecule has 5 nitrogen and oxygen atoms in total. The van der Waals surface area contributed by atoms with Crippen LogP contribution in [-0.4, -0.2) is 52.9 Å². The summed E-state index contributed by atoms with van der Waals surface area (Å²) in [6.45, 7) is 2.14. The number of aliphatic hydroxyl groups is 2. The second kappa shape index (κ2) is 6.31. The maximum absolute atomic E-state index is 11.1. The minimum atomic E-state index is -0.551. The summed E-state index contributed by atoms with van der Waals surface area (Å²) in [7, 11) is 1.65. The van der Waals surface area contributed by atoms with E-state index in [1.54, 1.807) is 13.3 Å². The van der Waals surface area contributed by atoms with Gasteiger partial charge in [0.25, 0.3) is 0 Å². The SMILES string of the molecule is COc1ccc2nccc([C@@H](O)[C@@H]3C[C@H]4CCN3CC4CO)c2c1. The van der Waals surface area contributed by atoms with Gasteiger partial charge in [-0.25, -0.2) is 0 Å². The summed E-state index contributed by atoms with van der Waals surface area (Å²) in [5, 5.41) is 21.6. The van der Waals surface area contributed by atoms with Gasteiger partial charge >= 0.3 is 0 Å². The van der Waals surface area contributed by atoms with Crippen molar-refractivity contribution in [1.29, 1.82) is 0 Å². The minimum absolute atomic E-state index is 0.114. The number of hydrogen-bond donors (Lipinski definition) is 2. The van der Waals surface area contributed by atoms with Crippen molar-refractivity contribution in [2.45, 2.75) is 25.0 Å². The van der Waals surface area contributed by atoms with Gasteiger partial charge in [0, 0.05) is 30.8 Å². The molecule has 3 fully saturated rings. The third-order valence-electron chi connectivity index (χ3n) is 5.84. The molecular formula is C19H24N2O3. The molecule has 3 aliphatic heterocycles. The van der Waals surface area contributed by atoms with Crippen LogP contribution < -0.4 is 4.74 Å². The first kappa shape index (κ1) is 15.8. The fourth-order valence-electron chi connectivity index (χ4n) is 4.45. The van der Waals surface area contributed by atoms with Crippen LogP contribution in [0.1, 0.15) is 24.5 Å². The lowest BCUT2D eigenvalue weighted by Gasteiger charge is -2.51. The lowest BCUT2D eigenvalue weighted by atomic mass is 9.74. The zero-order valence-corrected chi connectivity index (χ0v) is 13.9. The maximum atomic E-state index is 11.1. The zero-order valence-electron chi connectivity index (χ0n) is 13.9. The predicted octanol–water partition coefficient (Wildman–Crippen LogP) is 1.98. The van der Waals surface area contributed by atoms with Gasteiger partial charge in [-0.2, -0.15) is 0 Å². The molecule has 0 saturated carbocycles. The van der Waals surface area contributed by atoms with Crippen molar-refractivity contribution in [3.8, 4) is 5.75 Å². The zero-order chi connectivity index (χ0) is 16.7. The summed E-state index contributed by atoms with van der Waals surface area (Å²) in [5.74, 6) is 1.65. The van der Waals surface area contributed by atoms with Gasteiger partial charge in [0.2, 0.25) is 0 Å². The Hall–Kier alpha value is -1.69. The Kier molecular flexibility index (Phi) is 4.16. The van der Waals surface area contributed by atoms with Crippen molar-refractivity contribution in [2.75, 3.05) is 26.8 Å². The molecule has 5 heteroatoms. The van der Waals surface area contributed by atoms with Crippen LogP contribution in [0, 0.1) is 11.8 Å². The van der Waals surface area contributed by atoms with Crippen molar-refractivity contribution in [3.05, 3.63) is 36.0 Å². The van der Waals surface area contributed by atoms with Crippen molar-refractivity contribution in [1.82, 2.24) is 9.88 Å². The van der Waals surface area contributed by atoms with E-state index in [0.717, 1.165) is 48.1 Å². The van der Waals surface area contributed by atoms with Gasteiger partial charge in [0.15, 0.2) is 0 Å². The number of pyridine rings is 1. The number of aromatic nitrogens is 1. The highest BCUT2D eigenvalue weighted by molar-refractivity contribution is 5.83. The molecule has 2 aromatic rings. The van der Waals surface area contributed by atoms with E-state index in [4.69, 9.17) is 4.74 Å². The summed E-state index contributed by atoms with van der Waals surface area (Å²) >= 11 is 0. The van der Waals surface area contributed by atoms with Crippen molar-refractivity contribution in [2.24, 2.45) is 11.8 Å². The number of aliphatic hydroxyl groups excluding tert-OH is 2. The van der Waals surface area contributed by atoms with Crippen LogP contribution in [0.5, 0.6) is 5.75 Å². The average Bonchev–Trinajstić information content (AvgIpc) is 2.66. The van der Waals surface area contributed by atoms with E-state index in [0.29, 0.717) is 11.8 Å². The number of piperidine rings is 3. The number of ether oxygens (including phenoxy) is 1. The first-order chi connectivity index (χ1) is 11.7. The fourth-order valence-corrected chi connectivity index (χ4v) is 4.45. The molecule has 128 valence electrons. The standard InChI is InChI=1S/C19H24N2O3/c1-24-14-2-3-17-16(9-14)15(4-6-20-17)19(23)18-8-12-5-7-21(18)10-13(12)11-22/h2-4,6,9,12-13,18-19,22-23H,5,7-8,10-11H2,1H3/t12-,13?,18+,19-/m1/s1. The highest BCUT2D eigenvalue weighted by atomic mass is 16.5.